The molecule has 3 aromatic rings. The maximum atomic E-state index is 12.6. The van der Waals surface area contributed by atoms with E-state index < -0.39 is 5.25 Å². The Bertz CT molecular complexity index is 981. The van der Waals surface area contributed by atoms with E-state index in [2.05, 4.69) is 20.3 Å². The molecule has 6 nitrogen and oxygen atoms in total. The van der Waals surface area contributed by atoms with Crippen molar-refractivity contribution in [2.75, 3.05) is 5.32 Å². The largest absolute Gasteiger partial charge is 0.324 e. The van der Waals surface area contributed by atoms with E-state index in [0.717, 1.165) is 29.4 Å². The molecule has 2 N–H and O–H groups in total. The summed E-state index contributed by atoms with van der Waals surface area (Å²) in [5.74, 6) is -0.158. The lowest BCUT2D eigenvalue weighted by molar-refractivity contribution is -0.115. The number of fused-ring (bicyclic) bond motifs is 1. The van der Waals surface area contributed by atoms with E-state index in [-0.39, 0.29) is 11.5 Å². The van der Waals surface area contributed by atoms with Crippen LogP contribution < -0.4 is 10.9 Å². The fourth-order valence-electron chi connectivity index (χ4n) is 2.59. The molecule has 3 rings (SSSR count). The van der Waals surface area contributed by atoms with Gasteiger partial charge in [-0.15, -0.1) is 0 Å². The molecule has 2 heterocycles. The van der Waals surface area contributed by atoms with E-state index >= 15 is 0 Å². The zero-order chi connectivity index (χ0) is 18.5. The Morgan fingerprint density at radius 1 is 1.31 bits per heavy atom. The number of hydrogen-bond donors (Lipinski definition) is 2. The highest BCUT2D eigenvalue weighted by Crippen LogP contribution is 2.24. The minimum atomic E-state index is -0.415. The Morgan fingerprint density at radius 3 is 2.96 bits per heavy atom. The second-order valence-electron chi connectivity index (χ2n) is 5.92. The van der Waals surface area contributed by atoms with E-state index in [9.17, 15) is 9.59 Å². The van der Waals surface area contributed by atoms with Gasteiger partial charge in [-0.05, 0) is 37.6 Å². The smallest absolute Gasteiger partial charge is 0.251 e. The Balaban J connectivity index is 1.75. The number of carbonyl (C=O) groups excluding carboxylic acids is 1. The summed E-state index contributed by atoms with van der Waals surface area (Å²) in [5.41, 5.74) is 2.09. The number of nitrogens with one attached hydrogen (secondary N) is 2. The molecule has 1 aromatic carbocycles. The van der Waals surface area contributed by atoms with E-state index in [1.807, 2.05) is 37.3 Å². The third kappa shape index (κ3) is 4.29. The maximum absolute atomic E-state index is 12.6. The van der Waals surface area contributed by atoms with Crippen LogP contribution in [0, 0.1) is 0 Å². The number of aromatic amines is 1. The summed E-state index contributed by atoms with van der Waals surface area (Å²) in [6.45, 7) is 3.82. The van der Waals surface area contributed by atoms with E-state index in [0.29, 0.717) is 10.8 Å². The van der Waals surface area contributed by atoms with Gasteiger partial charge in [0, 0.05) is 23.3 Å². The van der Waals surface area contributed by atoms with Gasteiger partial charge < -0.3 is 10.3 Å². The average Bonchev–Trinajstić information content (AvgIpc) is 2.61. The molecule has 0 fully saturated rings. The van der Waals surface area contributed by atoms with Crippen molar-refractivity contribution in [1.82, 2.24) is 15.0 Å². The van der Waals surface area contributed by atoms with Crippen LogP contribution in [0.3, 0.4) is 0 Å². The molecule has 0 bridgehead atoms. The van der Waals surface area contributed by atoms with Crippen LogP contribution in [0.25, 0.3) is 10.9 Å². The topological polar surface area (TPSA) is 87.7 Å². The summed E-state index contributed by atoms with van der Waals surface area (Å²) in [6.07, 6.45) is 3.37. The molecular weight excluding hydrogens is 348 g/mol. The number of aryl methyl sites for hydroxylation is 1. The molecule has 134 valence electrons. The summed E-state index contributed by atoms with van der Waals surface area (Å²) in [6, 6.07) is 10.9. The Kier molecular flexibility index (Phi) is 5.68. The molecule has 0 spiro atoms. The number of nitrogens with zero attached hydrogens (tertiary/aromatic N) is 2. The summed E-state index contributed by atoms with van der Waals surface area (Å²) < 4.78 is 0. The zero-order valence-electron chi connectivity index (χ0n) is 14.7. The Hall–Kier alpha value is -2.67. The molecule has 1 amide bonds. The average molecular weight is 368 g/mol. The molecule has 0 aliphatic carbocycles. The van der Waals surface area contributed by atoms with Gasteiger partial charge in [0.1, 0.15) is 0 Å². The summed E-state index contributed by atoms with van der Waals surface area (Å²) in [5, 5.41) is 3.87. The van der Waals surface area contributed by atoms with Gasteiger partial charge in [-0.3, -0.25) is 14.6 Å². The third-order valence-electron chi connectivity index (χ3n) is 3.84. The van der Waals surface area contributed by atoms with Crippen LogP contribution >= 0.6 is 11.8 Å². The van der Waals surface area contributed by atoms with Crippen LogP contribution in [0.2, 0.25) is 0 Å². The van der Waals surface area contributed by atoms with E-state index in [1.54, 1.807) is 13.1 Å². The first-order chi connectivity index (χ1) is 12.6. The third-order valence-corrected chi connectivity index (χ3v) is 4.82. The van der Waals surface area contributed by atoms with Gasteiger partial charge in [0.25, 0.3) is 5.56 Å². The quantitative estimate of drug-likeness (QED) is 0.514. The maximum Gasteiger partial charge on any atom is 0.251 e. The molecular formula is C19H20N4O2S. The lowest BCUT2D eigenvalue weighted by atomic mass is 10.2. The molecule has 0 aliphatic rings. The number of benzene rings is 1. The zero-order valence-corrected chi connectivity index (χ0v) is 15.5. The van der Waals surface area contributed by atoms with Crippen LogP contribution in [0.15, 0.2) is 52.5 Å². The van der Waals surface area contributed by atoms with Crippen LogP contribution in [-0.2, 0) is 11.2 Å². The van der Waals surface area contributed by atoms with Crippen molar-refractivity contribution < 1.29 is 4.79 Å². The highest BCUT2D eigenvalue weighted by Gasteiger charge is 2.17. The number of carbonyl (C=O) groups is 1. The van der Waals surface area contributed by atoms with Gasteiger partial charge in [-0.2, -0.15) is 0 Å². The molecule has 2 aromatic heterocycles. The van der Waals surface area contributed by atoms with Crippen LogP contribution in [0.4, 0.5) is 5.69 Å². The number of thioether (sulfide) groups is 1. The minimum absolute atomic E-state index is 0.158. The number of anilines is 1. The highest BCUT2D eigenvalue weighted by molar-refractivity contribution is 8.00. The molecule has 7 heteroatoms. The van der Waals surface area contributed by atoms with Crippen LogP contribution in [0.1, 0.15) is 26.0 Å². The van der Waals surface area contributed by atoms with Gasteiger partial charge in [-0.1, -0.05) is 31.2 Å². The molecule has 0 aliphatic heterocycles. The lowest BCUT2D eigenvalue weighted by Gasteiger charge is -2.13. The first-order valence-electron chi connectivity index (χ1n) is 8.48. The molecule has 0 saturated carbocycles. The Morgan fingerprint density at radius 2 is 2.15 bits per heavy atom. The fourth-order valence-corrected chi connectivity index (χ4v) is 3.42. The molecule has 0 unspecified atom stereocenters. The summed E-state index contributed by atoms with van der Waals surface area (Å²) in [4.78, 5) is 35.7. The molecule has 26 heavy (non-hydrogen) atoms. The normalized spacial score (nSPS) is 12.1. The summed E-state index contributed by atoms with van der Waals surface area (Å²) in [7, 11) is 0. The van der Waals surface area contributed by atoms with Crippen molar-refractivity contribution in [3.8, 4) is 0 Å². The van der Waals surface area contributed by atoms with E-state index in [4.69, 9.17) is 0 Å². The summed E-state index contributed by atoms with van der Waals surface area (Å²) >= 11 is 1.24. The van der Waals surface area contributed by atoms with Crippen molar-refractivity contribution in [2.24, 2.45) is 0 Å². The van der Waals surface area contributed by atoms with Gasteiger partial charge in [-0.25, -0.2) is 4.98 Å². The van der Waals surface area contributed by atoms with Gasteiger partial charge in [0.2, 0.25) is 5.91 Å². The fraction of sp³-hybridized carbons (Fsp3) is 0.263. The lowest BCUT2D eigenvalue weighted by Crippen LogP contribution is -2.23. The van der Waals surface area contributed by atoms with Crippen LogP contribution in [-0.4, -0.2) is 26.1 Å². The number of rotatable bonds is 6. The van der Waals surface area contributed by atoms with Crippen molar-refractivity contribution in [3.63, 3.8) is 0 Å². The SMILES string of the molecule is CCCc1cc(=O)[nH]c(S[C@H](C)C(=O)Nc2cccc3ncccc23)n1. The second-order valence-corrected chi connectivity index (χ2v) is 7.25. The molecule has 0 saturated heterocycles. The van der Waals surface area contributed by atoms with Crippen molar-refractivity contribution >= 4 is 34.3 Å². The van der Waals surface area contributed by atoms with Crippen LogP contribution in [0.5, 0.6) is 0 Å². The van der Waals surface area contributed by atoms with E-state index in [1.165, 1.54) is 17.8 Å². The molecule has 1 atom stereocenters. The first-order valence-corrected chi connectivity index (χ1v) is 9.36. The van der Waals surface area contributed by atoms with Crippen molar-refractivity contribution in [2.45, 2.75) is 37.1 Å². The predicted molar refractivity (Wildman–Crippen MR) is 105 cm³/mol. The van der Waals surface area contributed by atoms with Gasteiger partial charge >= 0.3 is 0 Å². The van der Waals surface area contributed by atoms with Crippen molar-refractivity contribution in [1.29, 1.82) is 0 Å². The minimum Gasteiger partial charge on any atom is -0.324 e. The monoisotopic (exact) mass is 368 g/mol. The second kappa shape index (κ2) is 8.14. The number of pyridine rings is 1. The predicted octanol–water partition coefficient (Wildman–Crippen LogP) is 3.39. The molecule has 0 radical (unpaired) electrons. The number of H-pyrrole nitrogens is 1. The Labute approximate surface area is 155 Å². The first kappa shape index (κ1) is 18.1. The highest BCUT2D eigenvalue weighted by atomic mass is 32.2. The van der Waals surface area contributed by atoms with Gasteiger partial charge in [0.15, 0.2) is 5.16 Å². The number of aromatic nitrogens is 3. The van der Waals surface area contributed by atoms with Crippen molar-refractivity contribution in [3.05, 3.63) is 58.6 Å². The standard InChI is InChI=1S/C19H20N4O2S/c1-3-6-13-11-17(24)23-19(21-13)26-12(2)18(25)22-16-9-4-8-15-14(16)7-5-10-20-15/h4-5,7-12H,3,6H2,1-2H3,(H,22,25)(H,21,23,24)/t12-/m1/s1. The number of amides is 1. The number of hydrogen-bond acceptors (Lipinski definition) is 5. The van der Waals surface area contributed by atoms with Gasteiger partial charge in [0.05, 0.1) is 16.5 Å².